The Hall–Kier alpha value is -2.10. The molecule has 0 saturated heterocycles. The van der Waals surface area contributed by atoms with Crippen molar-refractivity contribution >= 4 is 17.5 Å². The van der Waals surface area contributed by atoms with Gasteiger partial charge in [-0.15, -0.1) is 0 Å². The molecule has 4 nitrogen and oxygen atoms in total. The quantitative estimate of drug-likeness (QED) is 0.684. The van der Waals surface area contributed by atoms with Gasteiger partial charge < -0.3 is 10.2 Å². The van der Waals surface area contributed by atoms with Gasteiger partial charge in [0.05, 0.1) is 5.92 Å². The van der Waals surface area contributed by atoms with Gasteiger partial charge in [0, 0.05) is 12.7 Å². The van der Waals surface area contributed by atoms with E-state index in [4.69, 9.17) is 0 Å². The third kappa shape index (κ3) is 3.99. The number of carbonyl (C=O) groups excluding carboxylic acids is 2. The number of para-hydroxylation sites is 1. The van der Waals surface area contributed by atoms with Crippen molar-refractivity contribution in [3.05, 3.63) is 41.5 Å². The zero-order valence-corrected chi connectivity index (χ0v) is 18.8. The Bertz CT molecular complexity index is 814. The highest BCUT2D eigenvalue weighted by Crippen LogP contribution is 2.60. The molecule has 3 rings (SSSR count). The van der Waals surface area contributed by atoms with Gasteiger partial charge in [0.15, 0.2) is 0 Å². The van der Waals surface area contributed by atoms with Gasteiger partial charge in [0.2, 0.25) is 11.8 Å². The van der Waals surface area contributed by atoms with E-state index in [-0.39, 0.29) is 29.1 Å². The summed E-state index contributed by atoms with van der Waals surface area (Å²) >= 11 is 0. The maximum Gasteiger partial charge on any atom is 0.250 e. The van der Waals surface area contributed by atoms with Gasteiger partial charge in [-0.3, -0.25) is 9.59 Å². The highest BCUT2D eigenvalue weighted by Gasteiger charge is 2.62. The number of benzene rings is 1. The van der Waals surface area contributed by atoms with Crippen LogP contribution in [0.4, 0.5) is 5.69 Å². The summed E-state index contributed by atoms with van der Waals surface area (Å²) < 4.78 is 0. The Kier molecular flexibility index (Phi) is 5.93. The van der Waals surface area contributed by atoms with Crippen LogP contribution in [0.5, 0.6) is 0 Å². The smallest absolute Gasteiger partial charge is 0.250 e. The number of hydrogen-bond acceptors (Lipinski definition) is 2. The topological polar surface area (TPSA) is 49.4 Å². The summed E-state index contributed by atoms with van der Waals surface area (Å²) in [5, 5.41) is 3.14. The molecular formula is C25H36N2O2. The summed E-state index contributed by atoms with van der Waals surface area (Å²) in [6.07, 6.45) is 6.75. The van der Waals surface area contributed by atoms with Crippen LogP contribution in [0.2, 0.25) is 0 Å². The molecule has 2 saturated carbocycles. The van der Waals surface area contributed by atoms with Crippen LogP contribution in [-0.4, -0.2) is 29.3 Å². The van der Waals surface area contributed by atoms with E-state index in [1.165, 1.54) is 5.57 Å². The minimum absolute atomic E-state index is 0.0421. The van der Waals surface area contributed by atoms with Crippen LogP contribution < -0.4 is 5.32 Å². The predicted molar refractivity (Wildman–Crippen MR) is 119 cm³/mol. The number of hydrogen-bond donors (Lipinski definition) is 1. The van der Waals surface area contributed by atoms with E-state index in [2.05, 4.69) is 39.1 Å². The number of allylic oxidation sites excluding steroid dienone is 2. The molecule has 4 heteroatoms. The van der Waals surface area contributed by atoms with E-state index in [0.29, 0.717) is 0 Å². The van der Waals surface area contributed by atoms with Crippen LogP contribution >= 0.6 is 0 Å². The summed E-state index contributed by atoms with van der Waals surface area (Å²) in [6.45, 7) is 10.5. The Morgan fingerprint density at radius 3 is 2.31 bits per heavy atom. The maximum absolute atomic E-state index is 13.6. The van der Waals surface area contributed by atoms with Crippen LogP contribution in [0, 0.1) is 24.2 Å². The molecule has 1 aromatic carbocycles. The van der Waals surface area contributed by atoms with Gasteiger partial charge in [-0.25, -0.2) is 0 Å². The second kappa shape index (κ2) is 7.97. The molecule has 158 valence electrons. The van der Waals surface area contributed by atoms with Crippen molar-refractivity contribution in [1.29, 1.82) is 0 Å². The largest absolute Gasteiger partial charge is 0.331 e. The summed E-state index contributed by atoms with van der Waals surface area (Å²) in [5.41, 5.74) is 2.30. The number of aryl methyl sites for hydroxylation is 1. The Morgan fingerprint density at radius 2 is 1.72 bits per heavy atom. The third-order valence-electron chi connectivity index (χ3n) is 7.16. The molecule has 0 unspecified atom stereocenters. The minimum Gasteiger partial charge on any atom is -0.331 e. The van der Waals surface area contributed by atoms with Crippen molar-refractivity contribution in [3.63, 3.8) is 0 Å². The lowest BCUT2D eigenvalue weighted by Gasteiger charge is -2.43. The molecular weight excluding hydrogens is 360 g/mol. The van der Waals surface area contributed by atoms with Crippen LogP contribution in [0.25, 0.3) is 0 Å². The van der Waals surface area contributed by atoms with E-state index in [9.17, 15) is 9.59 Å². The molecule has 2 atom stereocenters. The summed E-state index contributed by atoms with van der Waals surface area (Å²) in [4.78, 5) is 28.9. The van der Waals surface area contributed by atoms with Crippen LogP contribution in [0.15, 0.2) is 35.9 Å². The van der Waals surface area contributed by atoms with E-state index >= 15 is 0 Å². The van der Waals surface area contributed by atoms with Crippen LogP contribution in [0.1, 0.15) is 65.4 Å². The Morgan fingerprint density at radius 1 is 1.10 bits per heavy atom. The minimum atomic E-state index is -0.758. The zero-order chi connectivity index (χ0) is 21.4. The molecule has 0 radical (unpaired) electrons. The molecule has 1 aromatic rings. The van der Waals surface area contributed by atoms with E-state index < -0.39 is 5.54 Å². The lowest BCUT2D eigenvalue weighted by Crippen LogP contribution is -2.59. The molecule has 2 fully saturated rings. The normalized spacial score (nSPS) is 24.3. The van der Waals surface area contributed by atoms with Gasteiger partial charge in [0.25, 0.3) is 0 Å². The first-order valence-corrected chi connectivity index (χ1v) is 10.9. The van der Waals surface area contributed by atoms with E-state index in [1.54, 1.807) is 4.90 Å². The first-order valence-electron chi connectivity index (χ1n) is 10.9. The molecule has 0 spiro atoms. The molecule has 2 aliphatic carbocycles. The van der Waals surface area contributed by atoms with Gasteiger partial charge >= 0.3 is 0 Å². The molecule has 1 N–H and O–H groups in total. The standard InChI is InChI=1S/C25H36N2O2/c1-17(2)16-19-21(24(19,4)5)22(28)27(6)25(14-10-7-11-15-25)23(29)26-20-13-9-8-12-18(20)3/h8-9,12-13,16,19,21H,7,10-11,14-15H2,1-6H3,(H,26,29)/t19-,21+/m0/s1. The highest BCUT2D eigenvalue weighted by atomic mass is 16.2. The summed E-state index contributed by atoms with van der Waals surface area (Å²) in [7, 11) is 1.85. The lowest BCUT2D eigenvalue weighted by molar-refractivity contribution is -0.147. The van der Waals surface area contributed by atoms with E-state index in [0.717, 1.165) is 43.4 Å². The monoisotopic (exact) mass is 396 g/mol. The van der Waals surface area contributed by atoms with Crippen molar-refractivity contribution in [2.45, 2.75) is 72.3 Å². The Labute approximate surface area is 175 Å². The molecule has 0 bridgehead atoms. The predicted octanol–water partition coefficient (Wildman–Crippen LogP) is 5.33. The number of nitrogens with zero attached hydrogens (tertiary/aromatic N) is 1. The van der Waals surface area contributed by atoms with Crippen molar-refractivity contribution < 1.29 is 9.59 Å². The van der Waals surface area contributed by atoms with Gasteiger partial charge in [-0.2, -0.15) is 0 Å². The first kappa shape index (κ1) is 21.6. The summed E-state index contributed by atoms with van der Waals surface area (Å²) in [5.74, 6) is 0.272. The van der Waals surface area contributed by atoms with Crippen LogP contribution in [-0.2, 0) is 9.59 Å². The number of rotatable bonds is 5. The van der Waals surface area contributed by atoms with Gasteiger partial charge in [-0.05, 0) is 56.6 Å². The first-order chi connectivity index (χ1) is 13.6. The highest BCUT2D eigenvalue weighted by molar-refractivity contribution is 6.01. The lowest BCUT2D eigenvalue weighted by atomic mass is 9.79. The fourth-order valence-corrected chi connectivity index (χ4v) is 5.04. The molecule has 0 heterocycles. The fraction of sp³-hybridized carbons (Fsp3) is 0.600. The zero-order valence-electron chi connectivity index (χ0n) is 18.8. The second-order valence-electron chi connectivity index (χ2n) is 9.83. The average Bonchev–Trinajstić information content (AvgIpc) is 3.21. The number of amides is 2. The van der Waals surface area contributed by atoms with Gasteiger partial charge in [-0.1, -0.05) is 63.0 Å². The average molecular weight is 397 g/mol. The molecule has 0 aliphatic heterocycles. The molecule has 2 aliphatic rings. The Balaban J connectivity index is 1.86. The van der Waals surface area contributed by atoms with E-state index in [1.807, 2.05) is 38.2 Å². The molecule has 0 aromatic heterocycles. The van der Waals surface area contributed by atoms with Crippen molar-refractivity contribution in [2.75, 3.05) is 12.4 Å². The maximum atomic E-state index is 13.6. The molecule has 2 amide bonds. The summed E-state index contributed by atoms with van der Waals surface area (Å²) in [6, 6.07) is 7.83. The number of nitrogens with one attached hydrogen (secondary N) is 1. The molecule has 29 heavy (non-hydrogen) atoms. The van der Waals surface area contributed by atoms with Crippen molar-refractivity contribution in [2.24, 2.45) is 17.3 Å². The second-order valence-corrected chi connectivity index (χ2v) is 9.83. The fourth-order valence-electron chi connectivity index (χ4n) is 5.04. The number of likely N-dealkylation sites (N-methyl/N-ethyl adjacent to an activating group) is 1. The van der Waals surface area contributed by atoms with Gasteiger partial charge in [0.1, 0.15) is 5.54 Å². The SMILES string of the molecule is CC(C)=C[C@H]1[C@H](C(=O)N(C)C2(C(=O)Nc3ccccc3C)CCCCC2)C1(C)C. The number of anilines is 1. The number of carbonyl (C=O) groups is 2. The van der Waals surface area contributed by atoms with Crippen LogP contribution in [0.3, 0.4) is 0 Å². The third-order valence-corrected chi connectivity index (χ3v) is 7.16. The van der Waals surface area contributed by atoms with Crippen molar-refractivity contribution in [3.8, 4) is 0 Å². The van der Waals surface area contributed by atoms with Crippen molar-refractivity contribution in [1.82, 2.24) is 4.90 Å².